The summed E-state index contributed by atoms with van der Waals surface area (Å²) in [5.41, 5.74) is 3.59. The molecule has 2 amide bonds. The number of carbonyl (C=O) groups excluding carboxylic acids is 2. The van der Waals surface area contributed by atoms with Crippen LogP contribution in [0, 0.1) is 0 Å². The molecule has 2 heterocycles. The van der Waals surface area contributed by atoms with Crippen LogP contribution in [0.25, 0.3) is 0 Å². The standard InChI is InChI=1S/C27H35N3O4/c1-3-26(31)30-12-9-21-18-22(7-8-25(21)30)27(32)28-19-20-5-4-6-24(17-20)34-16-13-29(2)23-10-14-33-15-11-23/h4-8,17-18,23H,3,9-16,19H2,1-2H3,(H,28,32). The monoisotopic (exact) mass is 465 g/mol. The maximum Gasteiger partial charge on any atom is 0.251 e. The molecule has 0 unspecified atom stereocenters. The molecule has 2 aromatic carbocycles. The van der Waals surface area contributed by atoms with Gasteiger partial charge in [-0.3, -0.25) is 14.5 Å². The second-order valence-electron chi connectivity index (χ2n) is 9.00. The topological polar surface area (TPSA) is 71.1 Å². The molecule has 2 aromatic rings. The second kappa shape index (κ2) is 11.5. The van der Waals surface area contributed by atoms with Crippen LogP contribution in [0.4, 0.5) is 5.69 Å². The van der Waals surface area contributed by atoms with E-state index < -0.39 is 0 Å². The number of nitrogens with one attached hydrogen (secondary N) is 1. The molecule has 2 aliphatic heterocycles. The highest BCUT2D eigenvalue weighted by Gasteiger charge is 2.24. The van der Waals surface area contributed by atoms with E-state index in [-0.39, 0.29) is 11.8 Å². The highest BCUT2D eigenvalue weighted by molar-refractivity contribution is 5.98. The first-order valence-corrected chi connectivity index (χ1v) is 12.3. The quantitative estimate of drug-likeness (QED) is 0.615. The van der Waals surface area contributed by atoms with Crippen molar-refractivity contribution in [3.8, 4) is 5.75 Å². The molecule has 1 N–H and O–H groups in total. The average Bonchev–Trinajstić information content (AvgIpc) is 3.31. The van der Waals surface area contributed by atoms with Gasteiger partial charge in [-0.25, -0.2) is 0 Å². The minimum atomic E-state index is -0.118. The van der Waals surface area contributed by atoms with E-state index in [1.165, 1.54) is 0 Å². The first kappa shape index (κ1) is 24.2. The summed E-state index contributed by atoms with van der Waals surface area (Å²) in [7, 11) is 2.14. The second-order valence-corrected chi connectivity index (χ2v) is 9.00. The number of nitrogens with zero attached hydrogens (tertiary/aromatic N) is 2. The van der Waals surface area contributed by atoms with Crippen LogP contribution in [0.1, 0.15) is 47.7 Å². The zero-order valence-corrected chi connectivity index (χ0v) is 20.2. The maximum absolute atomic E-state index is 12.7. The minimum Gasteiger partial charge on any atom is -0.492 e. The molecule has 0 aliphatic carbocycles. The predicted molar refractivity (Wildman–Crippen MR) is 132 cm³/mol. The van der Waals surface area contributed by atoms with Gasteiger partial charge in [-0.2, -0.15) is 0 Å². The number of carbonyl (C=O) groups is 2. The van der Waals surface area contributed by atoms with Crippen molar-refractivity contribution in [1.82, 2.24) is 10.2 Å². The summed E-state index contributed by atoms with van der Waals surface area (Å²) in [4.78, 5) is 29.0. The molecule has 0 spiro atoms. The van der Waals surface area contributed by atoms with Crippen molar-refractivity contribution in [3.05, 3.63) is 59.2 Å². The zero-order chi connectivity index (χ0) is 23.9. The molecule has 34 heavy (non-hydrogen) atoms. The molecule has 0 aromatic heterocycles. The van der Waals surface area contributed by atoms with Gasteiger partial charge in [0.15, 0.2) is 0 Å². The zero-order valence-electron chi connectivity index (χ0n) is 20.2. The van der Waals surface area contributed by atoms with Gasteiger partial charge in [-0.05, 0) is 67.8 Å². The van der Waals surface area contributed by atoms with Crippen molar-refractivity contribution >= 4 is 17.5 Å². The van der Waals surface area contributed by atoms with Crippen molar-refractivity contribution in [3.63, 3.8) is 0 Å². The van der Waals surface area contributed by atoms with E-state index in [0.717, 1.165) is 61.6 Å². The number of amides is 2. The lowest BCUT2D eigenvalue weighted by molar-refractivity contribution is -0.118. The summed E-state index contributed by atoms with van der Waals surface area (Å²) in [5.74, 6) is 0.811. The van der Waals surface area contributed by atoms with Crippen molar-refractivity contribution in [2.45, 2.75) is 45.2 Å². The van der Waals surface area contributed by atoms with Gasteiger partial charge in [0, 0.05) is 56.6 Å². The molecule has 0 saturated carbocycles. The van der Waals surface area contributed by atoms with Crippen LogP contribution in [0.3, 0.4) is 0 Å². The van der Waals surface area contributed by atoms with Crippen molar-refractivity contribution in [2.75, 3.05) is 44.9 Å². The Morgan fingerprint density at radius 2 is 2.00 bits per heavy atom. The minimum absolute atomic E-state index is 0.118. The molecule has 182 valence electrons. The molecule has 0 bridgehead atoms. The van der Waals surface area contributed by atoms with Crippen molar-refractivity contribution in [1.29, 1.82) is 0 Å². The summed E-state index contributed by atoms with van der Waals surface area (Å²) in [6, 6.07) is 14.0. The molecule has 1 fully saturated rings. The van der Waals surface area contributed by atoms with Crippen molar-refractivity contribution in [2.24, 2.45) is 0 Å². The number of ether oxygens (including phenoxy) is 2. The van der Waals surface area contributed by atoms with Crippen LogP contribution in [0.5, 0.6) is 5.75 Å². The first-order chi connectivity index (χ1) is 16.5. The van der Waals surface area contributed by atoms with Crippen LogP contribution in [0.2, 0.25) is 0 Å². The Morgan fingerprint density at radius 1 is 1.18 bits per heavy atom. The van der Waals surface area contributed by atoms with Crippen LogP contribution < -0.4 is 15.0 Å². The summed E-state index contributed by atoms with van der Waals surface area (Å²) >= 11 is 0. The smallest absolute Gasteiger partial charge is 0.251 e. The van der Waals surface area contributed by atoms with Gasteiger partial charge < -0.3 is 19.7 Å². The molecular weight excluding hydrogens is 430 g/mol. The number of anilines is 1. The van der Waals surface area contributed by atoms with Crippen molar-refractivity contribution < 1.29 is 19.1 Å². The van der Waals surface area contributed by atoms with Gasteiger partial charge in [-0.15, -0.1) is 0 Å². The number of fused-ring (bicyclic) bond motifs is 1. The van der Waals surface area contributed by atoms with Gasteiger partial charge in [0.2, 0.25) is 5.91 Å². The fourth-order valence-electron chi connectivity index (χ4n) is 4.64. The Hall–Kier alpha value is -2.90. The van der Waals surface area contributed by atoms with E-state index in [9.17, 15) is 9.59 Å². The molecule has 4 rings (SSSR count). The third-order valence-corrected chi connectivity index (χ3v) is 6.72. The Kier molecular flexibility index (Phi) is 8.19. The molecule has 0 radical (unpaired) electrons. The average molecular weight is 466 g/mol. The highest BCUT2D eigenvalue weighted by Crippen LogP contribution is 2.29. The lowest BCUT2D eigenvalue weighted by Crippen LogP contribution is -2.38. The fraction of sp³-hybridized carbons (Fsp3) is 0.481. The van der Waals surface area contributed by atoms with E-state index in [1.807, 2.05) is 48.2 Å². The van der Waals surface area contributed by atoms with Gasteiger partial charge in [0.25, 0.3) is 5.91 Å². The van der Waals surface area contributed by atoms with Crippen LogP contribution in [0.15, 0.2) is 42.5 Å². The fourth-order valence-corrected chi connectivity index (χ4v) is 4.64. The van der Waals surface area contributed by atoms with E-state index in [1.54, 1.807) is 6.07 Å². The van der Waals surface area contributed by atoms with Gasteiger partial charge in [-0.1, -0.05) is 19.1 Å². The summed E-state index contributed by atoms with van der Waals surface area (Å²) in [5, 5.41) is 3.00. The lowest BCUT2D eigenvalue weighted by atomic mass is 10.1. The van der Waals surface area contributed by atoms with E-state index >= 15 is 0 Å². The van der Waals surface area contributed by atoms with E-state index in [2.05, 4.69) is 17.3 Å². The van der Waals surface area contributed by atoms with Gasteiger partial charge in [0.1, 0.15) is 12.4 Å². The molecule has 7 heteroatoms. The summed E-state index contributed by atoms with van der Waals surface area (Å²) in [6.07, 6.45) is 3.42. The van der Waals surface area contributed by atoms with E-state index in [4.69, 9.17) is 9.47 Å². The Labute approximate surface area is 202 Å². The molecule has 1 saturated heterocycles. The summed E-state index contributed by atoms with van der Waals surface area (Å²) in [6.45, 7) is 6.15. The first-order valence-electron chi connectivity index (χ1n) is 12.3. The SMILES string of the molecule is CCC(=O)N1CCc2cc(C(=O)NCc3cccc(OCCN(C)C4CCOCC4)c3)ccc21. The Balaban J connectivity index is 1.26. The third kappa shape index (κ3) is 5.96. The van der Waals surface area contributed by atoms with Crippen LogP contribution in [-0.4, -0.2) is 62.7 Å². The normalized spacial score (nSPS) is 15.9. The molecule has 2 aliphatic rings. The van der Waals surface area contributed by atoms with E-state index in [0.29, 0.717) is 37.7 Å². The number of rotatable bonds is 9. The maximum atomic E-state index is 12.7. The Morgan fingerprint density at radius 3 is 2.79 bits per heavy atom. The number of hydrogen-bond donors (Lipinski definition) is 1. The lowest BCUT2D eigenvalue weighted by Gasteiger charge is -2.31. The van der Waals surface area contributed by atoms with Crippen LogP contribution >= 0.6 is 0 Å². The largest absolute Gasteiger partial charge is 0.492 e. The predicted octanol–water partition coefficient (Wildman–Crippen LogP) is 3.41. The highest BCUT2D eigenvalue weighted by atomic mass is 16.5. The third-order valence-electron chi connectivity index (χ3n) is 6.72. The van der Waals surface area contributed by atoms with Gasteiger partial charge in [0.05, 0.1) is 0 Å². The molecule has 0 atom stereocenters. The molecule has 7 nitrogen and oxygen atoms in total. The number of benzene rings is 2. The van der Waals surface area contributed by atoms with Gasteiger partial charge >= 0.3 is 0 Å². The number of likely N-dealkylation sites (N-methyl/N-ethyl adjacent to an activating group) is 1. The van der Waals surface area contributed by atoms with Crippen LogP contribution in [-0.2, 0) is 22.5 Å². The summed E-state index contributed by atoms with van der Waals surface area (Å²) < 4.78 is 11.4. The Bertz CT molecular complexity index is 1000. The molecular formula is C27H35N3O4. The number of hydrogen-bond acceptors (Lipinski definition) is 5.